The van der Waals surface area contributed by atoms with Gasteiger partial charge in [0.25, 0.3) is 0 Å². The van der Waals surface area contributed by atoms with E-state index in [-0.39, 0.29) is 5.97 Å². The first-order valence-corrected chi connectivity index (χ1v) is 7.76. The van der Waals surface area contributed by atoms with Crippen LogP contribution in [0, 0.1) is 6.92 Å². The number of benzene rings is 3. The van der Waals surface area contributed by atoms with Gasteiger partial charge in [0.1, 0.15) is 17.2 Å². The minimum Gasteiger partial charge on any atom is -0.521 e. The number of hydrogen-bond acceptors (Lipinski definition) is 4. The van der Waals surface area contributed by atoms with Gasteiger partial charge in [0.05, 0.1) is 5.39 Å². The number of ether oxygens (including phenoxy) is 1. The van der Waals surface area contributed by atoms with Crippen LogP contribution in [0.25, 0.3) is 10.8 Å². The first kappa shape index (κ1) is 14.6. The van der Waals surface area contributed by atoms with Crippen LogP contribution in [0.15, 0.2) is 54.6 Å². The molecule has 0 atom stereocenters. The molecule has 3 aromatic rings. The number of rotatable bonds is 2. The van der Waals surface area contributed by atoms with Gasteiger partial charge in [-0.3, -0.25) is 4.79 Å². The highest BCUT2D eigenvalue weighted by Gasteiger charge is 2.32. The molecule has 0 aromatic heterocycles. The quantitative estimate of drug-likeness (QED) is 0.413. The van der Waals surface area contributed by atoms with Gasteiger partial charge in [0.2, 0.25) is 0 Å². The molecule has 118 valence electrons. The summed E-state index contributed by atoms with van der Waals surface area (Å²) in [6, 6.07) is 17.3. The monoisotopic (exact) mass is 318 g/mol. The maximum Gasteiger partial charge on any atom is 0.632 e. The van der Waals surface area contributed by atoms with E-state index in [0.29, 0.717) is 5.75 Å². The summed E-state index contributed by atoms with van der Waals surface area (Å²) in [6.45, 7) is 3.37. The molecule has 0 spiro atoms. The molecule has 3 aromatic carbocycles. The van der Waals surface area contributed by atoms with E-state index >= 15 is 0 Å². The van der Waals surface area contributed by atoms with E-state index in [0.717, 1.165) is 33.3 Å². The van der Waals surface area contributed by atoms with E-state index in [9.17, 15) is 4.79 Å². The Morgan fingerprint density at radius 1 is 1.00 bits per heavy atom. The Balaban J connectivity index is 1.86. The molecule has 0 N–H and O–H groups in total. The van der Waals surface area contributed by atoms with E-state index in [4.69, 9.17) is 14.0 Å². The average Bonchev–Trinajstić information content (AvgIpc) is 2.57. The third kappa shape index (κ3) is 2.48. The molecule has 0 amide bonds. The van der Waals surface area contributed by atoms with Gasteiger partial charge in [-0.05, 0) is 36.8 Å². The second kappa shape index (κ2) is 5.60. The van der Waals surface area contributed by atoms with Crippen LogP contribution in [0.1, 0.15) is 12.5 Å². The summed E-state index contributed by atoms with van der Waals surface area (Å²) in [6.07, 6.45) is 0. The summed E-state index contributed by atoms with van der Waals surface area (Å²) in [7, 11) is -0.497. The van der Waals surface area contributed by atoms with Crippen LogP contribution in [0.4, 0.5) is 0 Å². The van der Waals surface area contributed by atoms with Gasteiger partial charge in [-0.1, -0.05) is 30.3 Å². The molecule has 0 fully saturated rings. The van der Waals surface area contributed by atoms with E-state index in [2.05, 4.69) is 0 Å². The maximum atomic E-state index is 11.3. The summed E-state index contributed by atoms with van der Waals surface area (Å²) in [4.78, 5) is 11.3. The van der Waals surface area contributed by atoms with Gasteiger partial charge < -0.3 is 14.0 Å². The lowest BCUT2D eigenvalue weighted by Gasteiger charge is -2.26. The normalized spacial score (nSPS) is 12.5. The van der Waals surface area contributed by atoms with Crippen LogP contribution in [0.2, 0.25) is 0 Å². The maximum absolute atomic E-state index is 11.3. The predicted octanol–water partition coefficient (Wildman–Crippen LogP) is 3.24. The molecule has 0 bridgehead atoms. The number of carbonyl (C=O) groups is 1. The molecule has 5 heteroatoms. The molecule has 0 aliphatic carbocycles. The summed E-state index contributed by atoms with van der Waals surface area (Å²) in [5, 5.41) is 1.63. The van der Waals surface area contributed by atoms with Crippen molar-refractivity contribution >= 4 is 29.3 Å². The highest BCUT2D eigenvalue weighted by molar-refractivity contribution is 6.63. The van der Waals surface area contributed by atoms with Crippen LogP contribution < -0.4 is 19.5 Å². The predicted molar refractivity (Wildman–Crippen MR) is 93.1 cm³/mol. The highest BCUT2D eigenvalue weighted by atomic mass is 16.6. The fraction of sp³-hybridized carbons (Fsp3) is 0.105. The number of hydrogen-bond donors (Lipinski definition) is 0. The van der Waals surface area contributed by atoms with E-state index in [1.54, 1.807) is 6.07 Å². The van der Waals surface area contributed by atoms with Crippen molar-refractivity contribution in [3.8, 4) is 17.2 Å². The lowest BCUT2D eigenvalue weighted by molar-refractivity contribution is -0.131. The standard InChI is InChI=1S/C19H15BO4/c1-12-10-15-16(22-13(2)21)8-9-17-19(15)18(11-12)24-20(23-17)14-6-4-3-5-7-14/h3-11H,1-2H3. The van der Waals surface area contributed by atoms with Crippen molar-refractivity contribution in [3.63, 3.8) is 0 Å². The van der Waals surface area contributed by atoms with Gasteiger partial charge in [-0.15, -0.1) is 0 Å². The Hall–Kier alpha value is -2.95. The Morgan fingerprint density at radius 2 is 1.75 bits per heavy atom. The van der Waals surface area contributed by atoms with Crippen molar-refractivity contribution in [2.75, 3.05) is 0 Å². The van der Waals surface area contributed by atoms with E-state index in [1.807, 2.05) is 55.5 Å². The summed E-state index contributed by atoms with van der Waals surface area (Å²) in [5.41, 5.74) is 1.97. The molecule has 0 saturated carbocycles. The van der Waals surface area contributed by atoms with Crippen LogP contribution in [-0.2, 0) is 4.79 Å². The molecule has 1 aliphatic rings. The molecule has 4 nitrogen and oxygen atoms in total. The summed E-state index contributed by atoms with van der Waals surface area (Å²) < 4.78 is 17.4. The average molecular weight is 318 g/mol. The summed E-state index contributed by atoms with van der Waals surface area (Å²) >= 11 is 0. The van der Waals surface area contributed by atoms with Gasteiger partial charge in [0.15, 0.2) is 0 Å². The fourth-order valence-electron chi connectivity index (χ4n) is 2.96. The first-order chi connectivity index (χ1) is 11.6. The minimum absolute atomic E-state index is 0.354. The SMILES string of the molecule is CC(=O)Oc1ccc2c3c(cc(C)cc13)OB(c1ccccc1)O2. The van der Waals surface area contributed by atoms with Crippen molar-refractivity contribution in [1.82, 2.24) is 0 Å². The largest absolute Gasteiger partial charge is 0.632 e. The smallest absolute Gasteiger partial charge is 0.521 e. The second-order valence-electron chi connectivity index (χ2n) is 5.82. The van der Waals surface area contributed by atoms with Crippen LogP contribution in [-0.4, -0.2) is 13.1 Å². The fourth-order valence-corrected chi connectivity index (χ4v) is 2.96. The van der Waals surface area contributed by atoms with Gasteiger partial charge >= 0.3 is 13.1 Å². The zero-order valence-corrected chi connectivity index (χ0v) is 13.4. The Morgan fingerprint density at radius 3 is 2.50 bits per heavy atom. The Kier molecular flexibility index (Phi) is 3.42. The highest BCUT2D eigenvalue weighted by Crippen LogP contribution is 2.42. The van der Waals surface area contributed by atoms with Crippen molar-refractivity contribution in [2.24, 2.45) is 0 Å². The lowest BCUT2D eigenvalue weighted by atomic mass is 9.77. The molecule has 0 unspecified atom stereocenters. The van der Waals surface area contributed by atoms with Gasteiger partial charge in [-0.25, -0.2) is 0 Å². The molecule has 1 aliphatic heterocycles. The molecule has 4 rings (SSSR count). The molecule has 0 radical (unpaired) electrons. The topological polar surface area (TPSA) is 44.8 Å². The molecular formula is C19H15BO4. The zero-order valence-electron chi connectivity index (χ0n) is 13.4. The molecule has 0 saturated heterocycles. The zero-order chi connectivity index (χ0) is 16.7. The van der Waals surface area contributed by atoms with Crippen molar-refractivity contribution in [1.29, 1.82) is 0 Å². The Bertz CT molecular complexity index is 937. The number of carbonyl (C=O) groups excluding carboxylic acids is 1. The Labute approximate surface area is 140 Å². The second-order valence-corrected chi connectivity index (χ2v) is 5.82. The molecular weight excluding hydrogens is 303 g/mol. The van der Waals surface area contributed by atoms with Crippen molar-refractivity contribution in [3.05, 3.63) is 60.2 Å². The number of aryl methyl sites for hydroxylation is 1. The number of esters is 1. The van der Waals surface area contributed by atoms with Crippen molar-refractivity contribution in [2.45, 2.75) is 13.8 Å². The first-order valence-electron chi connectivity index (χ1n) is 7.76. The van der Waals surface area contributed by atoms with Crippen molar-refractivity contribution < 1.29 is 18.8 Å². The lowest BCUT2D eigenvalue weighted by Crippen LogP contribution is -2.44. The molecule has 1 heterocycles. The van der Waals surface area contributed by atoms with Crippen LogP contribution >= 0.6 is 0 Å². The van der Waals surface area contributed by atoms with E-state index < -0.39 is 7.12 Å². The third-order valence-corrected chi connectivity index (χ3v) is 3.94. The van der Waals surface area contributed by atoms with Gasteiger partial charge in [0, 0.05) is 17.8 Å². The third-order valence-electron chi connectivity index (χ3n) is 3.94. The molecule has 24 heavy (non-hydrogen) atoms. The summed E-state index contributed by atoms with van der Waals surface area (Å²) in [5.74, 6) is 1.61. The van der Waals surface area contributed by atoms with Crippen LogP contribution in [0.3, 0.4) is 0 Å². The van der Waals surface area contributed by atoms with Gasteiger partial charge in [-0.2, -0.15) is 0 Å². The minimum atomic E-state index is -0.497. The van der Waals surface area contributed by atoms with Crippen LogP contribution in [0.5, 0.6) is 17.2 Å². The van der Waals surface area contributed by atoms with E-state index in [1.165, 1.54) is 6.92 Å².